The van der Waals surface area contributed by atoms with Crippen LogP contribution in [0.3, 0.4) is 0 Å². The van der Waals surface area contributed by atoms with Gasteiger partial charge in [0.25, 0.3) is 15.6 Å². The first-order valence-corrected chi connectivity index (χ1v) is 13.2. The molecule has 39 heavy (non-hydrogen) atoms. The van der Waals surface area contributed by atoms with Gasteiger partial charge in [0.05, 0.1) is 30.3 Å². The minimum Gasteiger partial charge on any atom is -0.495 e. The Labute approximate surface area is 223 Å². The van der Waals surface area contributed by atoms with Crippen molar-refractivity contribution in [3.05, 3.63) is 101 Å². The lowest BCUT2D eigenvalue weighted by molar-refractivity contribution is 0.387. The van der Waals surface area contributed by atoms with Crippen molar-refractivity contribution in [1.82, 2.24) is 14.5 Å². The maximum Gasteiger partial charge on any atom is 0.264 e. The number of pyridine rings is 1. The van der Waals surface area contributed by atoms with Crippen LogP contribution in [0.1, 0.15) is 5.56 Å². The van der Waals surface area contributed by atoms with E-state index in [0.717, 1.165) is 11.1 Å². The van der Waals surface area contributed by atoms with E-state index < -0.39 is 15.8 Å². The van der Waals surface area contributed by atoms with Gasteiger partial charge in [0.15, 0.2) is 11.6 Å². The summed E-state index contributed by atoms with van der Waals surface area (Å²) in [6, 6.07) is 17.1. The molecule has 11 heteroatoms. The number of rotatable bonds is 7. The predicted molar refractivity (Wildman–Crippen MR) is 146 cm³/mol. The molecule has 0 saturated carbocycles. The highest BCUT2D eigenvalue weighted by Crippen LogP contribution is 2.35. The molecule has 2 heterocycles. The van der Waals surface area contributed by atoms with Crippen molar-refractivity contribution in [2.24, 2.45) is 0 Å². The molecule has 0 radical (unpaired) electrons. The number of aromatic nitrogens is 3. The van der Waals surface area contributed by atoms with E-state index in [0.29, 0.717) is 27.9 Å². The second kappa shape index (κ2) is 10.2. The number of aryl methyl sites for hydroxylation is 1. The maximum atomic E-state index is 14.0. The lowest BCUT2D eigenvalue weighted by Gasteiger charge is -2.18. The zero-order valence-corrected chi connectivity index (χ0v) is 22.0. The molecule has 0 bridgehead atoms. The topological polar surface area (TPSA) is 112 Å². The predicted octanol–water partition coefficient (Wildman–Crippen LogP) is 4.71. The van der Waals surface area contributed by atoms with E-state index in [9.17, 15) is 17.6 Å². The summed E-state index contributed by atoms with van der Waals surface area (Å²) >= 11 is 0. The Morgan fingerprint density at radius 3 is 2.36 bits per heavy atom. The van der Waals surface area contributed by atoms with Crippen LogP contribution in [0, 0.1) is 12.7 Å². The third-order valence-corrected chi connectivity index (χ3v) is 7.52. The zero-order valence-electron chi connectivity index (χ0n) is 21.2. The van der Waals surface area contributed by atoms with Gasteiger partial charge in [0, 0.05) is 23.8 Å². The second-order valence-corrected chi connectivity index (χ2v) is 10.3. The Morgan fingerprint density at radius 1 is 0.897 bits per heavy atom. The molecule has 0 spiro atoms. The van der Waals surface area contributed by atoms with Crippen LogP contribution in [0.2, 0.25) is 0 Å². The van der Waals surface area contributed by atoms with Gasteiger partial charge < -0.3 is 9.47 Å². The SMILES string of the molecule is COc1cc(-c2cc(OC)c(-n3c(=O)ccc4cc(S(=O)(=O)Nc5ncccn5)ccc43)cc2C)ccc1F. The number of hydrogen-bond donors (Lipinski definition) is 1. The minimum absolute atomic E-state index is 0.0172. The first-order chi connectivity index (χ1) is 18.7. The Bertz CT molecular complexity index is 1880. The number of benzene rings is 3. The summed E-state index contributed by atoms with van der Waals surface area (Å²) in [6.07, 6.45) is 2.86. The van der Waals surface area contributed by atoms with E-state index in [1.54, 1.807) is 42.5 Å². The fraction of sp³-hybridized carbons (Fsp3) is 0.107. The van der Waals surface area contributed by atoms with Gasteiger partial charge in [-0.1, -0.05) is 6.07 Å². The molecule has 1 N–H and O–H groups in total. The monoisotopic (exact) mass is 546 g/mol. The van der Waals surface area contributed by atoms with Crippen LogP contribution >= 0.6 is 0 Å². The molecular weight excluding hydrogens is 523 g/mol. The van der Waals surface area contributed by atoms with Gasteiger partial charge in [0.2, 0.25) is 5.95 Å². The summed E-state index contributed by atoms with van der Waals surface area (Å²) in [5.74, 6) is -0.0216. The van der Waals surface area contributed by atoms with Gasteiger partial charge in [-0.25, -0.2) is 27.5 Å². The van der Waals surface area contributed by atoms with Crippen LogP contribution in [0.5, 0.6) is 11.5 Å². The van der Waals surface area contributed by atoms with Crippen LogP contribution in [-0.4, -0.2) is 37.2 Å². The maximum absolute atomic E-state index is 14.0. The minimum atomic E-state index is -3.98. The summed E-state index contributed by atoms with van der Waals surface area (Å²) in [5, 5.41) is 0.513. The lowest BCUT2D eigenvalue weighted by atomic mass is 9.98. The molecular formula is C28H23FN4O5S. The average Bonchev–Trinajstić information content (AvgIpc) is 2.93. The Morgan fingerprint density at radius 2 is 1.64 bits per heavy atom. The summed E-state index contributed by atoms with van der Waals surface area (Å²) in [7, 11) is -1.10. The molecule has 0 atom stereocenters. The van der Waals surface area contributed by atoms with Gasteiger partial charge in [-0.05, 0) is 78.2 Å². The number of hydrogen-bond acceptors (Lipinski definition) is 7. The number of nitrogens with zero attached hydrogens (tertiary/aromatic N) is 3. The third kappa shape index (κ3) is 4.91. The summed E-state index contributed by atoms with van der Waals surface area (Å²) in [5.41, 5.74) is 2.90. The molecule has 0 aliphatic rings. The van der Waals surface area contributed by atoms with Gasteiger partial charge in [-0.15, -0.1) is 0 Å². The van der Waals surface area contributed by atoms with Crippen molar-refractivity contribution in [3.63, 3.8) is 0 Å². The normalized spacial score (nSPS) is 11.4. The van der Waals surface area contributed by atoms with Gasteiger partial charge in [-0.3, -0.25) is 9.36 Å². The molecule has 2 aromatic heterocycles. The van der Waals surface area contributed by atoms with Crippen molar-refractivity contribution in [2.75, 3.05) is 18.9 Å². The van der Waals surface area contributed by atoms with Gasteiger partial charge >= 0.3 is 0 Å². The van der Waals surface area contributed by atoms with E-state index in [2.05, 4.69) is 14.7 Å². The number of methoxy groups -OCH3 is 2. The van der Waals surface area contributed by atoms with Crippen LogP contribution in [0.25, 0.3) is 27.7 Å². The Balaban J connectivity index is 1.62. The number of fused-ring (bicyclic) bond motifs is 1. The quantitative estimate of drug-likeness (QED) is 0.315. The summed E-state index contributed by atoms with van der Waals surface area (Å²) in [6.45, 7) is 1.87. The fourth-order valence-corrected chi connectivity index (χ4v) is 5.31. The standard InChI is InChI=1S/C28H23FN4O5S/c1-17-13-24(26(38-3)16-21(17)18-5-8-22(29)25(15-18)37-2)33-23-9-7-20(14-19(23)6-10-27(33)34)39(35,36)32-28-30-11-4-12-31-28/h4-16H,1-3H3,(H,30,31,32). The zero-order chi connectivity index (χ0) is 27.7. The molecule has 198 valence electrons. The number of sulfonamides is 1. The summed E-state index contributed by atoms with van der Waals surface area (Å²) < 4.78 is 54.4. The van der Waals surface area contributed by atoms with Gasteiger partial charge in [-0.2, -0.15) is 0 Å². The number of anilines is 1. The van der Waals surface area contributed by atoms with Crippen molar-refractivity contribution in [2.45, 2.75) is 11.8 Å². The highest BCUT2D eigenvalue weighted by Gasteiger charge is 2.19. The number of halogens is 1. The van der Waals surface area contributed by atoms with E-state index in [1.807, 2.05) is 6.92 Å². The van der Waals surface area contributed by atoms with E-state index in [-0.39, 0.29) is 22.2 Å². The van der Waals surface area contributed by atoms with Crippen LogP contribution in [0.15, 0.2) is 88.8 Å². The molecule has 5 aromatic rings. The van der Waals surface area contributed by atoms with Gasteiger partial charge in [0.1, 0.15) is 5.75 Å². The van der Waals surface area contributed by atoms with Crippen molar-refractivity contribution in [3.8, 4) is 28.3 Å². The number of nitrogens with one attached hydrogen (secondary N) is 1. The Kier molecular flexibility index (Phi) is 6.75. The largest absolute Gasteiger partial charge is 0.495 e. The van der Waals surface area contributed by atoms with E-state index >= 15 is 0 Å². The smallest absolute Gasteiger partial charge is 0.264 e. The molecule has 5 rings (SSSR count). The first kappa shape index (κ1) is 25.9. The molecule has 3 aromatic carbocycles. The Hall–Kier alpha value is -4.77. The molecule has 9 nitrogen and oxygen atoms in total. The van der Waals surface area contributed by atoms with Crippen LogP contribution < -0.4 is 19.8 Å². The highest BCUT2D eigenvalue weighted by molar-refractivity contribution is 7.92. The molecule has 0 fully saturated rings. The molecule has 0 aliphatic carbocycles. The van der Waals surface area contributed by atoms with Crippen LogP contribution in [0.4, 0.5) is 10.3 Å². The van der Waals surface area contributed by atoms with Crippen molar-refractivity contribution in [1.29, 1.82) is 0 Å². The lowest BCUT2D eigenvalue weighted by Crippen LogP contribution is -2.19. The van der Waals surface area contributed by atoms with Crippen molar-refractivity contribution >= 4 is 26.9 Å². The fourth-order valence-electron chi connectivity index (χ4n) is 4.32. The highest BCUT2D eigenvalue weighted by atomic mass is 32.2. The van der Waals surface area contributed by atoms with E-state index in [4.69, 9.17) is 9.47 Å². The second-order valence-electron chi connectivity index (χ2n) is 8.59. The molecule has 0 unspecified atom stereocenters. The first-order valence-electron chi connectivity index (χ1n) is 11.7. The van der Waals surface area contributed by atoms with E-state index in [1.165, 1.54) is 55.4 Å². The molecule has 0 saturated heterocycles. The summed E-state index contributed by atoms with van der Waals surface area (Å²) in [4.78, 5) is 20.9. The van der Waals surface area contributed by atoms with Crippen molar-refractivity contribution < 1.29 is 22.3 Å². The average molecular weight is 547 g/mol. The molecule has 0 amide bonds. The third-order valence-electron chi connectivity index (χ3n) is 6.20. The number of ether oxygens (including phenoxy) is 2. The van der Waals surface area contributed by atoms with Crippen LogP contribution in [-0.2, 0) is 10.0 Å². The molecule has 0 aliphatic heterocycles.